The number of rotatable bonds is 5. The molecular formula is C19H17Cl2N3O. The SMILES string of the molecule is CN(Cc1cnn(-c2ccccc2)c1)C(=O)Cc1ccc(Cl)c(Cl)c1. The number of hydrogen-bond donors (Lipinski definition) is 0. The summed E-state index contributed by atoms with van der Waals surface area (Å²) in [5.41, 5.74) is 2.79. The highest BCUT2D eigenvalue weighted by Gasteiger charge is 2.12. The third-order valence-corrected chi connectivity index (χ3v) is 4.58. The summed E-state index contributed by atoms with van der Waals surface area (Å²) in [6, 6.07) is 15.1. The van der Waals surface area contributed by atoms with Gasteiger partial charge in [0.2, 0.25) is 5.91 Å². The molecule has 0 N–H and O–H groups in total. The molecule has 4 nitrogen and oxygen atoms in total. The second kappa shape index (κ2) is 7.72. The normalized spacial score (nSPS) is 10.7. The van der Waals surface area contributed by atoms with Crippen LogP contribution in [0, 0.1) is 0 Å². The maximum Gasteiger partial charge on any atom is 0.227 e. The van der Waals surface area contributed by atoms with Gasteiger partial charge < -0.3 is 4.90 Å². The minimum Gasteiger partial charge on any atom is -0.341 e. The number of benzene rings is 2. The van der Waals surface area contributed by atoms with E-state index in [2.05, 4.69) is 5.10 Å². The molecule has 6 heteroatoms. The lowest BCUT2D eigenvalue weighted by Crippen LogP contribution is -2.27. The van der Waals surface area contributed by atoms with E-state index in [0.29, 0.717) is 16.6 Å². The quantitative estimate of drug-likeness (QED) is 0.665. The number of para-hydroxylation sites is 1. The van der Waals surface area contributed by atoms with E-state index in [-0.39, 0.29) is 12.3 Å². The van der Waals surface area contributed by atoms with E-state index in [1.165, 1.54) is 0 Å². The number of aromatic nitrogens is 2. The maximum atomic E-state index is 12.4. The van der Waals surface area contributed by atoms with Crippen molar-refractivity contribution in [3.8, 4) is 5.69 Å². The molecule has 0 aliphatic rings. The summed E-state index contributed by atoms with van der Waals surface area (Å²) in [4.78, 5) is 14.1. The van der Waals surface area contributed by atoms with Gasteiger partial charge >= 0.3 is 0 Å². The molecule has 0 aliphatic carbocycles. The van der Waals surface area contributed by atoms with Crippen molar-refractivity contribution in [2.24, 2.45) is 0 Å². The van der Waals surface area contributed by atoms with Crippen LogP contribution in [0.2, 0.25) is 10.0 Å². The maximum absolute atomic E-state index is 12.4. The lowest BCUT2D eigenvalue weighted by Gasteiger charge is -2.16. The minimum atomic E-state index is 0.00542. The van der Waals surface area contributed by atoms with Crippen molar-refractivity contribution in [3.05, 3.63) is 82.1 Å². The molecule has 0 spiro atoms. The molecule has 0 unspecified atom stereocenters. The van der Waals surface area contributed by atoms with E-state index < -0.39 is 0 Å². The summed E-state index contributed by atoms with van der Waals surface area (Å²) in [6.07, 6.45) is 3.98. The molecule has 0 atom stereocenters. The molecule has 25 heavy (non-hydrogen) atoms. The highest BCUT2D eigenvalue weighted by molar-refractivity contribution is 6.42. The minimum absolute atomic E-state index is 0.00542. The number of nitrogens with zero attached hydrogens (tertiary/aromatic N) is 3. The van der Waals surface area contributed by atoms with E-state index >= 15 is 0 Å². The van der Waals surface area contributed by atoms with Gasteiger partial charge in [0, 0.05) is 25.4 Å². The van der Waals surface area contributed by atoms with Crippen molar-refractivity contribution in [3.63, 3.8) is 0 Å². The van der Waals surface area contributed by atoms with Crippen molar-refractivity contribution in [2.45, 2.75) is 13.0 Å². The van der Waals surface area contributed by atoms with E-state index in [1.54, 1.807) is 35.0 Å². The van der Waals surface area contributed by atoms with Crippen LogP contribution < -0.4 is 0 Å². The van der Waals surface area contributed by atoms with Gasteiger partial charge in [0.15, 0.2) is 0 Å². The lowest BCUT2D eigenvalue weighted by molar-refractivity contribution is -0.129. The topological polar surface area (TPSA) is 38.1 Å². The van der Waals surface area contributed by atoms with Crippen LogP contribution in [0.25, 0.3) is 5.69 Å². The van der Waals surface area contributed by atoms with Gasteiger partial charge in [0.05, 0.1) is 28.4 Å². The van der Waals surface area contributed by atoms with Gasteiger partial charge in [0.25, 0.3) is 0 Å². The number of carbonyl (C=O) groups is 1. The summed E-state index contributed by atoms with van der Waals surface area (Å²) in [5.74, 6) is 0.00542. The molecule has 0 radical (unpaired) electrons. The van der Waals surface area contributed by atoms with E-state index in [0.717, 1.165) is 16.8 Å². The lowest BCUT2D eigenvalue weighted by atomic mass is 10.1. The molecule has 0 aliphatic heterocycles. The number of halogens is 2. The Morgan fingerprint density at radius 1 is 1.08 bits per heavy atom. The Kier molecular flexibility index (Phi) is 5.41. The molecule has 0 saturated carbocycles. The summed E-state index contributed by atoms with van der Waals surface area (Å²) < 4.78 is 1.80. The molecule has 0 bridgehead atoms. The van der Waals surface area contributed by atoms with Crippen LogP contribution in [0.3, 0.4) is 0 Å². The van der Waals surface area contributed by atoms with Crippen molar-refractivity contribution in [2.75, 3.05) is 7.05 Å². The molecule has 1 heterocycles. The Bertz CT molecular complexity index is 877. The van der Waals surface area contributed by atoms with Gasteiger partial charge in [-0.3, -0.25) is 4.79 Å². The molecule has 3 rings (SSSR count). The summed E-state index contributed by atoms with van der Waals surface area (Å²) >= 11 is 11.9. The fraction of sp³-hybridized carbons (Fsp3) is 0.158. The first-order valence-corrected chi connectivity index (χ1v) is 8.55. The molecule has 1 aromatic heterocycles. The van der Waals surface area contributed by atoms with Gasteiger partial charge in [-0.25, -0.2) is 4.68 Å². The van der Waals surface area contributed by atoms with Crippen molar-refractivity contribution in [1.29, 1.82) is 0 Å². The Balaban J connectivity index is 1.63. The van der Waals surface area contributed by atoms with E-state index in [4.69, 9.17) is 23.2 Å². The largest absolute Gasteiger partial charge is 0.341 e. The zero-order chi connectivity index (χ0) is 17.8. The van der Waals surface area contributed by atoms with Crippen LogP contribution in [-0.2, 0) is 17.8 Å². The molecule has 1 amide bonds. The average Bonchev–Trinajstić information content (AvgIpc) is 3.07. The average molecular weight is 374 g/mol. The van der Waals surface area contributed by atoms with Crippen LogP contribution in [0.1, 0.15) is 11.1 Å². The van der Waals surface area contributed by atoms with Gasteiger partial charge in [-0.1, -0.05) is 47.5 Å². The zero-order valence-electron chi connectivity index (χ0n) is 13.7. The third-order valence-electron chi connectivity index (χ3n) is 3.84. The van der Waals surface area contributed by atoms with Crippen LogP contribution in [0.4, 0.5) is 0 Å². The Morgan fingerprint density at radius 3 is 2.56 bits per heavy atom. The van der Waals surface area contributed by atoms with E-state index in [9.17, 15) is 4.79 Å². The number of hydrogen-bond acceptors (Lipinski definition) is 2. The molecule has 2 aromatic carbocycles. The third kappa shape index (κ3) is 4.41. The Hall–Kier alpha value is -2.30. The van der Waals surface area contributed by atoms with Crippen LogP contribution >= 0.6 is 23.2 Å². The fourth-order valence-corrected chi connectivity index (χ4v) is 2.81. The highest BCUT2D eigenvalue weighted by atomic mass is 35.5. The molecule has 3 aromatic rings. The molecule has 0 fully saturated rings. The number of carbonyl (C=O) groups excluding carboxylic acids is 1. The molecular weight excluding hydrogens is 357 g/mol. The summed E-state index contributed by atoms with van der Waals surface area (Å²) in [7, 11) is 1.78. The summed E-state index contributed by atoms with van der Waals surface area (Å²) in [6.45, 7) is 0.493. The van der Waals surface area contributed by atoms with Crippen molar-refractivity contribution >= 4 is 29.1 Å². The first-order chi connectivity index (χ1) is 12.0. The predicted octanol–water partition coefficient (Wildman–Crippen LogP) is 4.38. The molecule has 128 valence electrons. The Labute approximate surface area is 156 Å². The zero-order valence-corrected chi connectivity index (χ0v) is 15.2. The fourth-order valence-electron chi connectivity index (χ4n) is 2.48. The highest BCUT2D eigenvalue weighted by Crippen LogP contribution is 2.23. The molecule has 0 saturated heterocycles. The second-order valence-electron chi connectivity index (χ2n) is 5.80. The van der Waals surface area contributed by atoms with Gasteiger partial charge in [-0.2, -0.15) is 5.10 Å². The van der Waals surface area contributed by atoms with Crippen molar-refractivity contribution < 1.29 is 4.79 Å². The second-order valence-corrected chi connectivity index (χ2v) is 6.62. The predicted molar refractivity (Wildman–Crippen MR) is 100 cm³/mol. The van der Waals surface area contributed by atoms with Gasteiger partial charge in [0.1, 0.15) is 0 Å². The van der Waals surface area contributed by atoms with Crippen molar-refractivity contribution in [1.82, 2.24) is 14.7 Å². The van der Waals surface area contributed by atoms with Gasteiger partial charge in [-0.15, -0.1) is 0 Å². The van der Waals surface area contributed by atoms with Crippen LogP contribution in [-0.4, -0.2) is 27.6 Å². The first kappa shape index (κ1) is 17.5. The monoisotopic (exact) mass is 373 g/mol. The Morgan fingerprint density at radius 2 is 1.84 bits per heavy atom. The number of amides is 1. The first-order valence-electron chi connectivity index (χ1n) is 7.80. The smallest absolute Gasteiger partial charge is 0.227 e. The van der Waals surface area contributed by atoms with E-state index in [1.807, 2.05) is 42.6 Å². The van der Waals surface area contributed by atoms with Crippen LogP contribution in [0.5, 0.6) is 0 Å². The van der Waals surface area contributed by atoms with Gasteiger partial charge in [-0.05, 0) is 29.8 Å². The number of likely N-dealkylation sites (N-methyl/N-ethyl adjacent to an activating group) is 1. The summed E-state index contributed by atoms with van der Waals surface area (Å²) in [5, 5.41) is 5.29. The van der Waals surface area contributed by atoms with Crippen LogP contribution in [0.15, 0.2) is 60.9 Å². The standard InChI is InChI=1S/C19H17Cl2N3O/c1-23(19(25)10-14-7-8-17(20)18(21)9-14)12-15-11-22-24(13-15)16-5-3-2-4-6-16/h2-9,11,13H,10,12H2,1H3.